The van der Waals surface area contributed by atoms with Gasteiger partial charge in [-0.3, -0.25) is 4.42 Å². The smallest absolute Gasteiger partial charge is 0.485 e. The Kier molecular flexibility index (Phi) is 8.26. The molecule has 0 N–H and O–H groups in total. The first-order valence-electron chi connectivity index (χ1n) is 7.32. The van der Waals surface area contributed by atoms with Gasteiger partial charge in [-0.15, -0.1) is 0 Å². The largest absolute Gasteiger partial charge is 0.741 e. The van der Waals surface area contributed by atoms with Crippen molar-refractivity contribution in [2.45, 2.75) is 12.1 Å². The number of halogens is 3. The van der Waals surface area contributed by atoms with Gasteiger partial charge in [0.25, 0.3) is 6.61 Å². The van der Waals surface area contributed by atoms with Crippen LogP contribution >= 0.6 is 0 Å². The summed E-state index contributed by atoms with van der Waals surface area (Å²) < 4.78 is 75.1. The minimum atomic E-state index is -6.09. The van der Waals surface area contributed by atoms with Gasteiger partial charge in [0.15, 0.2) is 21.6 Å². The zero-order valence-electron chi connectivity index (χ0n) is 14.4. The van der Waals surface area contributed by atoms with E-state index in [0.717, 1.165) is 11.1 Å². The molecule has 0 radical (unpaired) electrons. The van der Waals surface area contributed by atoms with Crippen molar-refractivity contribution in [1.29, 1.82) is 0 Å². The minimum Gasteiger partial charge on any atom is -0.741 e. The second-order valence-corrected chi connectivity index (χ2v) is 6.27. The van der Waals surface area contributed by atoms with Crippen molar-refractivity contribution in [3.63, 3.8) is 0 Å². The Balaban J connectivity index is 0.000000387. The van der Waals surface area contributed by atoms with Gasteiger partial charge in [-0.2, -0.15) is 13.2 Å². The van der Waals surface area contributed by atoms with Crippen LogP contribution in [-0.2, 0) is 16.7 Å². The fourth-order valence-electron chi connectivity index (χ4n) is 1.81. The first kappa shape index (κ1) is 22.5. The molecule has 148 valence electrons. The van der Waals surface area contributed by atoms with Crippen molar-refractivity contribution in [3.8, 4) is 11.5 Å². The Bertz CT molecular complexity index is 849. The molecule has 0 aliphatic rings. The molecule has 0 unspecified atom stereocenters. The van der Waals surface area contributed by atoms with E-state index in [1.165, 1.54) is 0 Å². The van der Waals surface area contributed by atoms with Gasteiger partial charge in [-0.25, -0.2) is 8.42 Å². The molecule has 6 nitrogen and oxygen atoms in total. The number of aldehydes is 1. The maximum atomic E-state index is 10.7. The van der Waals surface area contributed by atoms with Crippen LogP contribution < -0.4 is 9.47 Å². The Labute approximate surface area is 154 Å². The summed E-state index contributed by atoms with van der Waals surface area (Å²) >= 11 is 0. The highest BCUT2D eigenvalue weighted by Crippen LogP contribution is 2.29. The van der Waals surface area contributed by atoms with Gasteiger partial charge in [-0.05, 0) is 24.3 Å². The Morgan fingerprint density at radius 3 is 2.11 bits per heavy atom. The molecule has 2 aromatic carbocycles. The highest BCUT2D eigenvalue weighted by molar-refractivity contribution is 7.86. The molecule has 27 heavy (non-hydrogen) atoms. The summed E-state index contributed by atoms with van der Waals surface area (Å²) in [5.74, 6) is 1.37. The van der Waals surface area contributed by atoms with E-state index in [4.69, 9.17) is 26.9 Å². The maximum Gasteiger partial charge on any atom is 0.485 e. The number of rotatable bonds is 5. The predicted molar refractivity (Wildman–Crippen MR) is 90.8 cm³/mol. The summed E-state index contributed by atoms with van der Waals surface area (Å²) in [7, 11) is -2.86. The highest BCUT2D eigenvalue weighted by Gasteiger charge is 2.36. The normalized spacial score (nSPS) is 11.6. The molecule has 0 saturated heterocycles. The molecule has 0 aliphatic carbocycles. The zero-order chi connectivity index (χ0) is 20.5. The summed E-state index contributed by atoms with van der Waals surface area (Å²) in [5, 5.41) is 0. The fraction of sp³-hybridized carbons (Fsp3) is 0.235. The molecule has 0 fully saturated rings. The number of hydrogen-bond donors (Lipinski definition) is 0. The lowest BCUT2D eigenvalue weighted by molar-refractivity contribution is -0.282. The quantitative estimate of drug-likeness (QED) is 0.329. The van der Waals surface area contributed by atoms with Crippen LogP contribution in [0.25, 0.3) is 0 Å². The van der Waals surface area contributed by atoms with E-state index >= 15 is 0 Å². The summed E-state index contributed by atoms with van der Waals surface area (Å²) in [6, 6.07) is 15.7. The van der Waals surface area contributed by atoms with E-state index < -0.39 is 15.6 Å². The van der Waals surface area contributed by atoms with Crippen molar-refractivity contribution in [1.82, 2.24) is 0 Å². The number of alkyl halides is 3. The number of carbonyl (C=O) groups excluding carboxylic acids is 1. The monoisotopic (exact) mass is 406 g/mol. The fourth-order valence-corrected chi connectivity index (χ4v) is 1.81. The highest BCUT2D eigenvalue weighted by atomic mass is 32.2. The van der Waals surface area contributed by atoms with E-state index in [0.29, 0.717) is 18.1 Å². The number of methoxy groups -OCH3 is 2. The van der Waals surface area contributed by atoms with E-state index in [-0.39, 0.29) is 0 Å². The Hall–Kier alpha value is -2.59. The van der Waals surface area contributed by atoms with Crippen LogP contribution in [0.5, 0.6) is 11.5 Å². The van der Waals surface area contributed by atoms with Gasteiger partial charge >= 0.3 is 11.8 Å². The van der Waals surface area contributed by atoms with Crippen molar-refractivity contribution in [3.05, 3.63) is 59.7 Å². The molecule has 0 spiro atoms. The van der Waals surface area contributed by atoms with Crippen LogP contribution in [0.2, 0.25) is 0 Å². The van der Waals surface area contributed by atoms with Crippen LogP contribution in [0.1, 0.15) is 15.6 Å². The molecule has 0 amide bonds. The van der Waals surface area contributed by atoms with Crippen LogP contribution in [-0.4, -0.2) is 39.0 Å². The van der Waals surface area contributed by atoms with Gasteiger partial charge in [0.05, 0.1) is 14.2 Å². The second kappa shape index (κ2) is 9.93. The SMILES string of the molecule is COc1cccc(C=[O+]Cc2ccccc2)c1OC.O=S(=O)([O-])C(F)(F)F. The number of benzene rings is 2. The standard InChI is InChI=1S/C16H17O3.CHF3O3S/c1-17-15-10-6-9-14(16(15)18-2)12-19-11-13-7-4-3-5-8-13;2-1(3,4)8(5,6)7/h3-10,12H,11H2,1-2H3;(H,5,6,7)/q+1;/p-1. The molecule has 0 aliphatic heterocycles. The van der Waals surface area contributed by atoms with Crippen molar-refractivity contribution < 1.29 is 40.0 Å². The van der Waals surface area contributed by atoms with Crippen LogP contribution in [0.15, 0.2) is 48.5 Å². The average molecular weight is 406 g/mol. The number of ether oxygens (including phenoxy) is 2. The van der Waals surface area contributed by atoms with Crippen LogP contribution in [0.3, 0.4) is 0 Å². The van der Waals surface area contributed by atoms with Gasteiger partial charge in [-0.1, -0.05) is 24.3 Å². The first-order chi connectivity index (χ1) is 12.6. The molecule has 2 aromatic rings. The van der Waals surface area contributed by atoms with Gasteiger partial charge < -0.3 is 14.0 Å². The van der Waals surface area contributed by atoms with E-state index in [2.05, 4.69) is 0 Å². The number of hydrogen-bond acceptors (Lipinski definition) is 5. The molecule has 0 aromatic heterocycles. The van der Waals surface area contributed by atoms with Crippen LogP contribution in [0, 0.1) is 0 Å². The third-order valence-electron chi connectivity index (χ3n) is 3.02. The van der Waals surface area contributed by atoms with E-state index in [1.807, 2.05) is 48.5 Å². The van der Waals surface area contributed by atoms with E-state index in [9.17, 15) is 13.2 Å². The summed E-state index contributed by atoms with van der Waals surface area (Å²) in [6.07, 6.45) is 1.69. The molecular formula is C17H17F3O6S. The lowest BCUT2D eigenvalue weighted by Crippen LogP contribution is -2.21. The van der Waals surface area contributed by atoms with Crippen molar-refractivity contribution >= 4 is 16.4 Å². The Morgan fingerprint density at radius 1 is 1.04 bits per heavy atom. The third-order valence-corrected chi connectivity index (χ3v) is 3.59. The van der Waals surface area contributed by atoms with Gasteiger partial charge in [0.2, 0.25) is 0 Å². The maximum absolute atomic E-state index is 10.7. The molecule has 10 heteroatoms. The van der Waals surface area contributed by atoms with Crippen molar-refractivity contribution in [2.24, 2.45) is 0 Å². The lowest BCUT2D eigenvalue weighted by atomic mass is 10.2. The molecule has 0 atom stereocenters. The topological polar surface area (TPSA) is 87.0 Å². The first-order valence-corrected chi connectivity index (χ1v) is 8.73. The third kappa shape index (κ3) is 7.27. The van der Waals surface area contributed by atoms with E-state index in [1.54, 1.807) is 20.5 Å². The van der Waals surface area contributed by atoms with Crippen molar-refractivity contribution in [2.75, 3.05) is 14.2 Å². The predicted octanol–water partition coefficient (Wildman–Crippen LogP) is 3.30. The average Bonchev–Trinajstić information content (AvgIpc) is 2.61. The summed E-state index contributed by atoms with van der Waals surface area (Å²) in [5.41, 5.74) is -3.66. The Morgan fingerprint density at radius 2 is 1.63 bits per heavy atom. The number of para-hydroxylation sites is 1. The van der Waals surface area contributed by atoms with Gasteiger partial charge in [0.1, 0.15) is 5.56 Å². The molecule has 0 heterocycles. The summed E-state index contributed by atoms with van der Waals surface area (Å²) in [6.45, 7) is 0.529. The second-order valence-electron chi connectivity index (χ2n) is 4.90. The molecular weight excluding hydrogens is 389 g/mol. The lowest BCUT2D eigenvalue weighted by Gasteiger charge is -2.08. The summed E-state index contributed by atoms with van der Waals surface area (Å²) in [4.78, 5) is 0. The molecule has 0 bridgehead atoms. The molecule has 0 saturated carbocycles. The zero-order valence-corrected chi connectivity index (χ0v) is 15.2. The van der Waals surface area contributed by atoms with Gasteiger partial charge in [0, 0.05) is 5.56 Å². The van der Waals surface area contributed by atoms with Crippen LogP contribution in [0.4, 0.5) is 13.2 Å². The minimum absolute atomic E-state index is 0.529. The molecule has 2 rings (SSSR count).